The fourth-order valence-electron chi connectivity index (χ4n) is 2.11. The first-order chi connectivity index (χ1) is 7.66. The number of hydrogen-bond acceptors (Lipinski definition) is 1. The summed E-state index contributed by atoms with van der Waals surface area (Å²) in [5.74, 6) is -1.23. The Hall–Kier alpha value is -0.900. The molecule has 2 nitrogen and oxygen atoms in total. The molecule has 17 heavy (non-hydrogen) atoms. The zero-order valence-electron chi connectivity index (χ0n) is 10.4. The SMILES string of the molecule is Cc1cc(F)c(Br)c(C(C)(C)CC(=O)O)c1C. The number of aryl methyl sites for hydroxylation is 1. The van der Waals surface area contributed by atoms with Crippen LogP contribution in [0, 0.1) is 19.7 Å². The van der Waals surface area contributed by atoms with Crippen LogP contribution in [0.3, 0.4) is 0 Å². The van der Waals surface area contributed by atoms with Crippen LogP contribution in [0.5, 0.6) is 0 Å². The van der Waals surface area contributed by atoms with Crippen molar-refractivity contribution in [3.63, 3.8) is 0 Å². The first-order valence-corrected chi connectivity index (χ1v) is 6.13. The molecule has 0 atom stereocenters. The third-order valence-electron chi connectivity index (χ3n) is 3.01. The van der Waals surface area contributed by atoms with Crippen molar-refractivity contribution in [2.75, 3.05) is 0 Å². The third-order valence-corrected chi connectivity index (χ3v) is 3.78. The van der Waals surface area contributed by atoms with Crippen LogP contribution in [0.25, 0.3) is 0 Å². The summed E-state index contributed by atoms with van der Waals surface area (Å²) < 4.78 is 14.1. The van der Waals surface area contributed by atoms with Crippen molar-refractivity contribution in [3.8, 4) is 0 Å². The van der Waals surface area contributed by atoms with Crippen molar-refractivity contribution >= 4 is 21.9 Å². The maximum absolute atomic E-state index is 13.7. The van der Waals surface area contributed by atoms with E-state index in [1.54, 1.807) is 0 Å². The molecule has 1 aromatic carbocycles. The average Bonchev–Trinajstić information content (AvgIpc) is 2.12. The lowest BCUT2D eigenvalue weighted by atomic mass is 9.78. The van der Waals surface area contributed by atoms with Crippen molar-refractivity contribution in [1.29, 1.82) is 0 Å². The van der Waals surface area contributed by atoms with Crippen LogP contribution < -0.4 is 0 Å². The lowest BCUT2D eigenvalue weighted by molar-refractivity contribution is -0.138. The number of aliphatic carboxylic acids is 1. The molecular weight excluding hydrogens is 287 g/mol. The predicted molar refractivity (Wildman–Crippen MR) is 68.9 cm³/mol. The molecule has 1 N–H and O–H groups in total. The summed E-state index contributed by atoms with van der Waals surface area (Å²) in [6, 6.07) is 1.46. The van der Waals surface area contributed by atoms with E-state index in [0.29, 0.717) is 4.47 Å². The summed E-state index contributed by atoms with van der Waals surface area (Å²) in [5.41, 5.74) is 1.89. The highest BCUT2D eigenvalue weighted by Gasteiger charge is 2.29. The molecule has 0 saturated carbocycles. The number of carboxylic acids is 1. The summed E-state index contributed by atoms with van der Waals surface area (Å²) in [6.45, 7) is 7.34. The second-order valence-corrected chi connectivity index (χ2v) is 5.74. The minimum absolute atomic E-state index is 0.0324. The number of hydrogen-bond donors (Lipinski definition) is 1. The minimum atomic E-state index is -0.886. The first kappa shape index (κ1) is 14.2. The molecule has 0 aromatic heterocycles. The van der Waals surface area contributed by atoms with Gasteiger partial charge in [0.25, 0.3) is 0 Å². The molecule has 0 aliphatic carbocycles. The van der Waals surface area contributed by atoms with Crippen LogP contribution >= 0.6 is 15.9 Å². The van der Waals surface area contributed by atoms with Gasteiger partial charge in [0, 0.05) is 5.41 Å². The zero-order chi connectivity index (χ0) is 13.4. The monoisotopic (exact) mass is 302 g/mol. The van der Waals surface area contributed by atoms with Crippen LogP contribution in [-0.2, 0) is 10.2 Å². The van der Waals surface area contributed by atoms with Crippen molar-refractivity contribution in [2.45, 2.75) is 39.5 Å². The normalized spacial score (nSPS) is 11.6. The number of carbonyl (C=O) groups is 1. The summed E-state index contributed by atoms with van der Waals surface area (Å²) in [6.07, 6.45) is -0.0324. The molecule has 0 aliphatic rings. The van der Waals surface area contributed by atoms with Crippen molar-refractivity contribution in [2.24, 2.45) is 0 Å². The number of carboxylic acid groups (broad SMARTS) is 1. The standard InChI is InChI=1S/C13H16BrFO2/c1-7-5-9(15)12(14)11(8(7)2)13(3,4)6-10(16)17/h5H,6H2,1-4H3,(H,16,17). The average molecular weight is 303 g/mol. The van der Waals surface area contributed by atoms with Gasteiger partial charge in [0.15, 0.2) is 0 Å². The Labute approximate surface area is 109 Å². The highest BCUT2D eigenvalue weighted by Crippen LogP contribution is 2.38. The minimum Gasteiger partial charge on any atom is -0.481 e. The Morgan fingerprint density at radius 3 is 2.47 bits per heavy atom. The molecule has 94 valence electrons. The van der Waals surface area contributed by atoms with E-state index in [4.69, 9.17) is 5.11 Å². The molecule has 1 aromatic rings. The van der Waals surface area contributed by atoms with Crippen LogP contribution in [0.4, 0.5) is 4.39 Å². The van der Waals surface area contributed by atoms with E-state index in [2.05, 4.69) is 15.9 Å². The van der Waals surface area contributed by atoms with Crippen molar-refractivity contribution in [3.05, 3.63) is 33.0 Å². The van der Waals surface area contributed by atoms with E-state index in [1.165, 1.54) is 6.07 Å². The number of halogens is 2. The summed E-state index contributed by atoms with van der Waals surface area (Å²) in [7, 11) is 0. The van der Waals surface area contributed by atoms with E-state index < -0.39 is 11.4 Å². The summed E-state index contributed by atoms with van der Waals surface area (Å²) in [4.78, 5) is 10.9. The summed E-state index contributed by atoms with van der Waals surface area (Å²) in [5, 5.41) is 8.92. The molecule has 0 radical (unpaired) electrons. The van der Waals surface area contributed by atoms with Gasteiger partial charge in [-0.05, 0) is 52.5 Å². The molecule has 0 aliphatic heterocycles. The molecule has 0 bridgehead atoms. The molecule has 4 heteroatoms. The van der Waals surface area contributed by atoms with Crippen LogP contribution in [0.1, 0.15) is 37.0 Å². The van der Waals surface area contributed by atoms with E-state index in [-0.39, 0.29) is 12.2 Å². The van der Waals surface area contributed by atoms with E-state index >= 15 is 0 Å². The molecule has 0 heterocycles. The van der Waals surface area contributed by atoms with E-state index in [0.717, 1.165) is 16.7 Å². The largest absolute Gasteiger partial charge is 0.481 e. The van der Waals surface area contributed by atoms with E-state index in [1.807, 2.05) is 27.7 Å². The second kappa shape index (κ2) is 4.77. The third kappa shape index (κ3) is 2.86. The Kier molecular flexibility index (Phi) is 3.97. The van der Waals surface area contributed by atoms with Gasteiger partial charge < -0.3 is 5.11 Å². The fourth-order valence-corrected chi connectivity index (χ4v) is 3.06. The van der Waals surface area contributed by atoms with E-state index in [9.17, 15) is 9.18 Å². The smallest absolute Gasteiger partial charge is 0.304 e. The topological polar surface area (TPSA) is 37.3 Å². The quantitative estimate of drug-likeness (QED) is 0.917. The molecule has 0 unspecified atom stereocenters. The highest BCUT2D eigenvalue weighted by atomic mass is 79.9. The van der Waals surface area contributed by atoms with Gasteiger partial charge in [-0.3, -0.25) is 4.79 Å². The Morgan fingerprint density at radius 1 is 1.47 bits per heavy atom. The van der Waals surface area contributed by atoms with Crippen LogP contribution in [0.2, 0.25) is 0 Å². The number of rotatable bonds is 3. The van der Waals surface area contributed by atoms with Gasteiger partial charge in [-0.25, -0.2) is 4.39 Å². The van der Waals surface area contributed by atoms with Crippen molar-refractivity contribution < 1.29 is 14.3 Å². The molecule has 0 amide bonds. The Morgan fingerprint density at radius 2 is 2.00 bits per heavy atom. The van der Waals surface area contributed by atoms with Gasteiger partial charge in [0.2, 0.25) is 0 Å². The Bertz CT molecular complexity index is 441. The molecule has 0 spiro atoms. The Balaban J connectivity index is 3.44. The molecule has 0 saturated heterocycles. The van der Waals surface area contributed by atoms with Crippen LogP contribution in [-0.4, -0.2) is 11.1 Å². The van der Waals surface area contributed by atoms with Gasteiger partial charge in [0.1, 0.15) is 5.82 Å². The van der Waals surface area contributed by atoms with Gasteiger partial charge in [-0.15, -0.1) is 0 Å². The number of benzene rings is 1. The summed E-state index contributed by atoms with van der Waals surface area (Å²) >= 11 is 3.22. The maximum Gasteiger partial charge on any atom is 0.304 e. The molecular formula is C13H16BrFO2. The highest BCUT2D eigenvalue weighted by molar-refractivity contribution is 9.10. The van der Waals surface area contributed by atoms with Crippen molar-refractivity contribution in [1.82, 2.24) is 0 Å². The van der Waals surface area contributed by atoms with Gasteiger partial charge in [-0.1, -0.05) is 13.8 Å². The lowest BCUT2D eigenvalue weighted by Gasteiger charge is -2.27. The second-order valence-electron chi connectivity index (χ2n) is 4.94. The predicted octanol–water partition coefficient (Wildman–Crippen LogP) is 3.96. The molecule has 0 fully saturated rings. The maximum atomic E-state index is 13.7. The lowest BCUT2D eigenvalue weighted by Crippen LogP contribution is -2.24. The first-order valence-electron chi connectivity index (χ1n) is 5.34. The van der Waals surface area contributed by atoms with Crippen LogP contribution in [0.15, 0.2) is 10.5 Å². The van der Waals surface area contributed by atoms with Gasteiger partial charge >= 0.3 is 5.97 Å². The molecule has 1 rings (SSSR count). The van der Waals surface area contributed by atoms with Gasteiger partial charge in [-0.2, -0.15) is 0 Å². The fraction of sp³-hybridized carbons (Fsp3) is 0.462. The van der Waals surface area contributed by atoms with Gasteiger partial charge in [0.05, 0.1) is 10.9 Å². The zero-order valence-corrected chi connectivity index (χ0v) is 12.0.